The fourth-order valence-electron chi connectivity index (χ4n) is 2.84. The smallest absolute Gasteiger partial charge is 0.365 e. The molecule has 9 heteroatoms. The number of methoxy groups -OCH3 is 1. The van der Waals surface area contributed by atoms with Crippen LogP contribution in [0.15, 0.2) is 49.6 Å². The molecule has 32 heavy (non-hydrogen) atoms. The summed E-state index contributed by atoms with van der Waals surface area (Å²) >= 11 is 0. The van der Waals surface area contributed by atoms with Crippen molar-refractivity contribution in [3.63, 3.8) is 0 Å². The summed E-state index contributed by atoms with van der Waals surface area (Å²) in [6.45, 7) is 13.6. The molecule has 0 N–H and O–H groups in total. The number of carbonyl (C=O) groups is 2. The Morgan fingerprint density at radius 1 is 0.906 bits per heavy atom. The van der Waals surface area contributed by atoms with Gasteiger partial charge in [0.2, 0.25) is 0 Å². The Morgan fingerprint density at radius 3 is 1.97 bits per heavy atom. The molecule has 2 aromatic rings. The van der Waals surface area contributed by atoms with Gasteiger partial charge in [0.25, 0.3) is 0 Å². The highest BCUT2D eigenvalue weighted by Crippen LogP contribution is 2.54. The first-order chi connectivity index (χ1) is 15.0. The van der Waals surface area contributed by atoms with Crippen LogP contribution in [-0.4, -0.2) is 31.3 Å². The zero-order chi connectivity index (χ0) is 24.1. The zero-order valence-electron chi connectivity index (χ0n) is 18.7. The number of carbonyl (C=O) groups excluding carboxylic acids is 2. The fourth-order valence-corrected chi connectivity index (χ4v) is 4.92. The third kappa shape index (κ3) is 5.85. The Morgan fingerprint density at radius 2 is 1.47 bits per heavy atom. The second-order valence-corrected chi connectivity index (χ2v) is 9.09. The van der Waals surface area contributed by atoms with Gasteiger partial charge in [0.1, 0.15) is 16.8 Å². The predicted octanol–water partition coefficient (Wildman–Crippen LogP) is 4.70. The second kappa shape index (κ2) is 10.6. The first-order valence-corrected chi connectivity index (χ1v) is 11.4. The number of hydrogen-bond donors (Lipinski definition) is 0. The molecule has 0 atom stereocenters. The van der Waals surface area contributed by atoms with Gasteiger partial charge in [0.05, 0.1) is 19.3 Å². The number of hydrogen-bond acceptors (Lipinski definition) is 8. The van der Waals surface area contributed by atoms with E-state index in [0.29, 0.717) is 16.5 Å². The molecule has 0 aliphatic carbocycles. The second-order valence-electron chi connectivity index (χ2n) is 7.19. The van der Waals surface area contributed by atoms with E-state index in [1.165, 1.54) is 13.2 Å². The minimum atomic E-state index is -4.05. The molecule has 0 bridgehead atoms. The van der Waals surface area contributed by atoms with Crippen molar-refractivity contribution in [1.82, 2.24) is 0 Å². The van der Waals surface area contributed by atoms with Crippen LogP contribution in [0.3, 0.4) is 0 Å². The van der Waals surface area contributed by atoms with Crippen molar-refractivity contribution in [1.29, 1.82) is 0 Å². The van der Waals surface area contributed by atoms with E-state index in [2.05, 4.69) is 13.2 Å². The average Bonchev–Trinajstić information content (AvgIpc) is 2.73. The normalized spacial score (nSPS) is 11.5. The maximum absolute atomic E-state index is 14.0. The van der Waals surface area contributed by atoms with Gasteiger partial charge < -0.3 is 23.3 Å². The quantitative estimate of drug-likeness (QED) is 0.217. The summed E-state index contributed by atoms with van der Waals surface area (Å²) in [6, 6.07) is 6.10. The van der Waals surface area contributed by atoms with E-state index in [0.717, 1.165) is 12.2 Å². The maximum Gasteiger partial charge on any atom is 0.365 e. The summed E-state index contributed by atoms with van der Waals surface area (Å²) in [5, 5.41) is 0.626. The number of rotatable bonds is 10. The standard InChI is InChI=1S/C23H27O8P/c1-8-21(24)28-19-13-20(32(26,30-14(3)4)31-15(5)6)23(29-22(25)9-2)17-11-10-16(27-7)12-18(17)19/h8-15H,1-2H2,3-7H3. The molecule has 0 spiro atoms. The number of ether oxygens (including phenoxy) is 3. The van der Waals surface area contributed by atoms with Crippen LogP contribution in [0.2, 0.25) is 0 Å². The van der Waals surface area contributed by atoms with Crippen LogP contribution in [0.1, 0.15) is 27.7 Å². The molecular formula is C23H27O8P. The minimum absolute atomic E-state index is 0.0390. The van der Waals surface area contributed by atoms with Gasteiger partial charge in [-0.25, -0.2) is 9.59 Å². The van der Waals surface area contributed by atoms with Crippen molar-refractivity contribution in [2.75, 3.05) is 7.11 Å². The summed E-state index contributed by atoms with van der Waals surface area (Å²) in [5.41, 5.74) is 0. The van der Waals surface area contributed by atoms with Crippen molar-refractivity contribution in [3.8, 4) is 17.2 Å². The van der Waals surface area contributed by atoms with Gasteiger partial charge in [-0.2, -0.15) is 0 Å². The van der Waals surface area contributed by atoms with Gasteiger partial charge in [0.15, 0.2) is 5.75 Å². The van der Waals surface area contributed by atoms with E-state index in [-0.39, 0.29) is 16.8 Å². The van der Waals surface area contributed by atoms with E-state index in [1.807, 2.05) is 0 Å². The summed E-state index contributed by atoms with van der Waals surface area (Å²) < 4.78 is 41.5. The highest BCUT2D eigenvalue weighted by molar-refractivity contribution is 7.62. The topological polar surface area (TPSA) is 97.4 Å². The Hall–Kier alpha value is -2.93. The largest absolute Gasteiger partial charge is 0.497 e. The fraction of sp³-hybridized carbons (Fsp3) is 0.304. The highest BCUT2D eigenvalue weighted by Gasteiger charge is 2.37. The number of benzene rings is 2. The van der Waals surface area contributed by atoms with Gasteiger partial charge in [-0.3, -0.25) is 4.57 Å². The maximum atomic E-state index is 14.0. The first kappa shape index (κ1) is 25.3. The molecule has 0 saturated carbocycles. The molecule has 0 fully saturated rings. The van der Waals surface area contributed by atoms with E-state index in [4.69, 9.17) is 23.3 Å². The van der Waals surface area contributed by atoms with Gasteiger partial charge in [0, 0.05) is 29.0 Å². The van der Waals surface area contributed by atoms with E-state index < -0.39 is 31.7 Å². The van der Waals surface area contributed by atoms with E-state index >= 15 is 0 Å². The Kier molecular flexibility index (Phi) is 8.38. The molecular weight excluding hydrogens is 435 g/mol. The van der Waals surface area contributed by atoms with Crippen LogP contribution in [0.25, 0.3) is 10.8 Å². The molecule has 2 rings (SSSR count). The lowest BCUT2D eigenvalue weighted by atomic mass is 10.1. The predicted molar refractivity (Wildman–Crippen MR) is 122 cm³/mol. The van der Waals surface area contributed by atoms with Gasteiger partial charge in [-0.1, -0.05) is 13.2 Å². The molecule has 2 aromatic carbocycles. The summed E-state index contributed by atoms with van der Waals surface area (Å²) in [5.74, 6) is -1.07. The Balaban J connectivity index is 2.97. The number of esters is 2. The summed E-state index contributed by atoms with van der Waals surface area (Å²) in [7, 11) is -2.57. The molecule has 172 valence electrons. The SMILES string of the molecule is C=CC(=O)Oc1cc(P(=O)(OC(C)C)OC(C)C)c(OC(=O)C=C)c2ccc(OC)cc12. The minimum Gasteiger partial charge on any atom is -0.497 e. The van der Waals surface area contributed by atoms with Crippen LogP contribution in [0.4, 0.5) is 0 Å². The van der Waals surface area contributed by atoms with E-state index in [9.17, 15) is 14.2 Å². The Labute approximate surface area is 187 Å². The third-order valence-electron chi connectivity index (χ3n) is 3.98. The molecule has 0 amide bonds. The van der Waals surface area contributed by atoms with E-state index in [1.54, 1.807) is 45.9 Å². The Bertz CT molecular complexity index is 1070. The van der Waals surface area contributed by atoms with Gasteiger partial charge in [-0.15, -0.1) is 0 Å². The lowest BCUT2D eigenvalue weighted by Gasteiger charge is -2.25. The lowest BCUT2D eigenvalue weighted by Crippen LogP contribution is -2.21. The highest BCUT2D eigenvalue weighted by atomic mass is 31.2. The van der Waals surface area contributed by atoms with Crippen LogP contribution < -0.4 is 19.5 Å². The van der Waals surface area contributed by atoms with Crippen LogP contribution in [0.5, 0.6) is 17.2 Å². The average molecular weight is 462 g/mol. The third-order valence-corrected chi connectivity index (χ3v) is 6.30. The monoisotopic (exact) mass is 462 g/mol. The first-order valence-electron chi connectivity index (χ1n) is 9.85. The summed E-state index contributed by atoms with van der Waals surface area (Å²) in [4.78, 5) is 24.1. The zero-order valence-corrected chi connectivity index (χ0v) is 19.6. The van der Waals surface area contributed by atoms with Crippen LogP contribution in [-0.2, 0) is 23.2 Å². The molecule has 0 radical (unpaired) electrons. The van der Waals surface area contributed by atoms with Crippen LogP contribution >= 0.6 is 7.60 Å². The molecule has 0 aliphatic rings. The van der Waals surface area contributed by atoms with Crippen LogP contribution in [0, 0.1) is 0 Å². The van der Waals surface area contributed by atoms with Gasteiger partial charge >= 0.3 is 19.5 Å². The lowest BCUT2D eigenvalue weighted by molar-refractivity contribution is -0.129. The molecule has 0 aromatic heterocycles. The van der Waals surface area contributed by atoms with Crippen molar-refractivity contribution in [2.45, 2.75) is 39.9 Å². The number of fused-ring (bicyclic) bond motifs is 1. The van der Waals surface area contributed by atoms with Crippen molar-refractivity contribution in [3.05, 3.63) is 49.6 Å². The molecule has 0 saturated heterocycles. The molecule has 0 heterocycles. The summed E-state index contributed by atoms with van der Waals surface area (Å²) in [6.07, 6.45) is 0.982. The van der Waals surface area contributed by atoms with Crippen molar-refractivity contribution in [2.24, 2.45) is 0 Å². The molecule has 0 aliphatic heterocycles. The van der Waals surface area contributed by atoms with Gasteiger partial charge in [-0.05, 0) is 45.9 Å². The molecule has 0 unspecified atom stereocenters. The van der Waals surface area contributed by atoms with Crippen molar-refractivity contribution >= 4 is 35.6 Å². The molecule has 8 nitrogen and oxygen atoms in total. The van der Waals surface area contributed by atoms with Crippen molar-refractivity contribution < 1.29 is 37.4 Å².